The summed E-state index contributed by atoms with van der Waals surface area (Å²) in [6.45, 7) is 5.47. The van der Waals surface area contributed by atoms with E-state index < -0.39 is 66.7 Å². The molecule has 47 heavy (non-hydrogen) atoms. The van der Waals surface area contributed by atoms with Crippen LogP contribution in [0, 0.1) is 12.7 Å². The van der Waals surface area contributed by atoms with Gasteiger partial charge in [0.2, 0.25) is 12.0 Å². The number of aliphatic hydroxyl groups is 1. The smallest absolute Gasteiger partial charge is 0.369 e. The molecule has 0 spiro atoms. The largest absolute Gasteiger partial charge is 0.486 e. The zero-order chi connectivity index (χ0) is 34.3. The molecule has 4 rings (SSSR count). The van der Waals surface area contributed by atoms with Gasteiger partial charge in [-0.25, -0.2) is 4.39 Å². The molecule has 2 heterocycles. The van der Waals surface area contributed by atoms with Crippen molar-refractivity contribution >= 4 is 23.9 Å². The summed E-state index contributed by atoms with van der Waals surface area (Å²) in [5.41, 5.74) is 2.17. The third-order valence-electron chi connectivity index (χ3n) is 6.91. The molecule has 0 aliphatic carbocycles. The Hall–Kier alpha value is -5.02. The zero-order valence-corrected chi connectivity index (χ0v) is 26.3. The average Bonchev–Trinajstić information content (AvgIpc) is 3.32. The molecule has 14 nitrogen and oxygen atoms in total. The molecule has 1 aliphatic heterocycles. The minimum Gasteiger partial charge on any atom is -0.486 e. The maximum absolute atomic E-state index is 15.0. The molecule has 1 saturated heterocycles. The first-order valence-corrected chi connectivity index (χ1v) is 14.5. The van der Waals surface area contributed by atoms with Crippen LogP contribution in [0.1, 0.15) is 50.1 Å². The Balaban J connectivity index is 1.64. The predicted octanol–water partition coefficient (Wildman–Crippen LogP) is 2.81. The van der Waals surface area contributed by atoms with Crippen LogP contribution in [0.25, 0.3) is 0 Å². The van der Waals surface area contributed by atoms with Crippen LogP contribution in [0.2, 0.25) is 0 Å². The molecule has 15 heteroatoms. The van der Waals surface area contributed by atoms with E-state index in [2.05, 4.69) is 10.2 Å². The van der Waals surface area contributed by atoms with Crippen LogP contribution in [0.3, 0.4) is 0 Å². The summed E-state index contributed by atoms with van der Waals surface area (Å²) in [5.74, 6) is -7.17. The molecule has 0 saturated carbocycles. The number of carbonyl (C=O) groups is 4. The number of hydrogen-bond donors (Lipinski definition) is 2. The van der Waals surface area contributed by atoms with Crippen LogP contribution in [0.5, 0.6) is 11.6 Å². The highest BCUT2D eigenvalue weighted by atomic mass is 19.1. The van der Waals surface area contributed by atoms with Crippen molar-refractivity contribution in [2.24, 2.45) is 0 Å². The number of carbonyl (C=O) groups excluding carboxylic acids is 4. The number of esters is 4. The fourth-order valence-corrected chi connectivity index (χ4v) is 4.90. The van der Waals surface area contributed by atoms with Gasteiger partial charge in [-0.3, -0.25) is 24.3 Å². The normalized spacial score (nSPS) is 22.1. The first kappa shape index (κ1) is 34.8. The van der Waals surface area contributed by atoms with Crippen molar-refractivity contribution in [3.63, 3.8) is 0 Å². The van der Waals surface area contributed by atoms with Gasteiger partial charge in [0.25, 0.3) is 0 Å². The van der Waals surface area contributed by atoms with Crippen molar-refractivity contribution in [1.82, 2.24) is 10.2 Å². The molecule has 252 valence electrons. The monoisotopic (exact) mass is 658 g/mol. The van der Waals surface area contributed by atoms with E-state index in [1.54, 1.807) is 13.0 Å². The molecule has 2 aromatic carbocycles. The standard InChI is InChI=1S/C32H35FN2O12/c1-17-24(13-23-11-12-26(25(33)14-23)42-15-22-9-7-6-8-10-22)31(35-34-17)47-32(40)30(45-21(5)39)29(44-20(4)38)28(43-19(3)37)27(46-32)16-41-18(2)36/h6-12,14,27-30,40H,13,15-16H2,1-5H3,(H,34,35)/t27-,28-,29+,30-,32-/m1/s1. The molecule has 0 unspecified atom stereocenters. The number of aryl methyl sites for hydroxylation is 1. The number of aromatic amines is 1. The van der Waals surface area contributed by atoms with Gasteiger partial charge in [-0.1, -0.05) is 36.4 Å². The molecule has 3 aromatic rings. The van der Waals surface area contributed by atoms with Gasteiger partial charge in [0, 0.05) is 45.4 Å². The molecular formula is C32H35FN2O12. The second-order valence-corrected chi connectivity index (χ2v) is 10.7. The molecule has 1 fully saturated rings. The van der Waals surface area contributed by atoms with Gasteiger partial charge in [0.1, 0.15) is 19.3 Å². The SMILES string of the molecule is CC(=O)OC[C@H]1O[C@@](O)(Oc2n[nH]c(C)c2Cc2ccc(OCc3ccccc3)c(F)c2)[C@H](OC(C)=O)[C@@H](OC(C)=O)[C@@H]1OC(C)=O. The van der Waals surface area contributed by atoms with E-state index in [-0.39, 0.29) is 24.7 Å². The van der Waals surface area contributed by atoms with Crippen molar-refractivity contribution in [2.75, 3.05) is 6.61 Å². The van der Waals surface area contributed by atoms with Crippen LogP contribution in [0.4, 0.5) is 4.39 Å². The molecule has 0 bridgehead atoms. The molecular weight excluding hydrogens is 623 g/mol. The Morgan fingerprint density at radius 2 is 1.57 bits per heavy atom. The Morgan fingerprint density at radius 1 is 0.915 bits per heavy atom. The fourth-order valence-electron chi connectivity index (χ4n) is 4.90. The van der Waals surface area contributed by atoms with Gasteiger partial charge in [-0.15, -0.1) is 5.10 Å². The fraction of sp³-hybridized carbons (Fsp3) is 0.406. The number of nitrogens with one attached hydrogen (secondary N) is 1. The minimum atomic E-state index is -2.94. The van der Waals surface area contributed by atoms with E-state index in [0.717, 1.165) is 33.3 Å². The summed E-state index contributed by atoms with van der Waals surface area (Å²) in [6.07, 6.45) is -6.59. The predicted molar refractivity (Wildman–Crippen MR) is 157 cm³/mol. The van der Waals surface area contributed by atoms with Gasteiger partial charge < -0.3 is 38.3 Å². The van der Waals surface area contributed by atoms with Crippen molar-refractivity contribution in [1.29, 1.82) is 0 Å². The lowest BCUT2D eigenvalue weighted by molar-refractivity contribution is -0.422. The molecule has 5 atom stereocenters. The maximum Gasteiger partial charge on any atom is 0.369 e. The average molecular weight is 659 g/mol. The second-order valence-electron chi connectivity index (χ2n) is 10.7. The Kier molecular flexibility index (Phi) is 11.2. The highest BCUT2D eigenvalue weighted by Gasteiger charge is 2.62. The number of halogens is 1. The van der Waals surface area contributed by atoms with Crippen LogP contribution in [0.15, 0.2) is 48.5 Å². The lowest BCUT2D eigenvalue weighted by Crippen LogP contribution is -2.70. The molecule has 1 aliphatic rings. The van der Waals surface area contributed by atoms with Crippen LogP contribution in [-0.2, 0) is 55.9 Å². The number of benzene rings is 2. The van der Waals surface area contributed by atoms with Crippen LogP contribution >= 0.6 is 0 Å². The van der Waals surface area contributed by atoms with Crippen LogP contribution in [-0.4, -0.2) is 76.2 Å². The zero-order valence-electron chi connectivity index (χ0n) is 26.3. The maximum atomic E-state index is 15.0. The summed E-state index contributed by atoms with van der Waals surface area (Å²) in [4.78, 5) is 47.9. The van der Waals surface area contributed by atoms with Crippen LogP contribution < -0.4 is 9.47 Å². The molecule has 0 amide bonds. The topological polar surface area (TPSA) is 182 Å². The Bertz CT molecular complexity index is 1600. The first-order chi connectivity index (χ1) is 22.3. The number of hydrogen-bond acceptors (Lipinski definition) is 13. The highest BCUT2D eigenvalue weighted by molar-refractivity contribution is 5.68. The second kappa shape index (κ2) is 15.0. The van der Waals surface area contributed by atoms with Crippen molar-refractivity contribution in [3.05, 3.63) is 76.7 Å². The third-order valence-corrected chi connectivity index (χ3v) is 6.91. The van der Waals surface area contributed by atoms with Gasteiger partial charge in [0.05, 0.1) is 0 Å². The van der Waals surface area contributed by atoms with E-state index >= 15 is 4.39 Å². The lowest BCUT2D eigenvalue weighted by atomic mass is 9.96. The lowest BCUT2D eigenvalue weighted by Gasteiger charge is -2.47. The Morgan fingerprint density at radius 3 is 2.19 bits per heavy atom. The van der Waals surface area contributed by atoms with E-state index in [0.29, 0.717) is 16.8 Å². The van der Waals surface area contributed by atoms with Gasteiger partial charge in [-0.2, -0.15) is 0 Å². The van der Waals surface area contributed by atoms with E-state index in [1.807, 2.05) is 30.3 Å². The first-order valence-electron chi connectivity index (χ1n) is 14.5. The number of aromatic nitrogens is 2. The molecule has 0 radical (unpaired) electrons. The molecule has 2 N–H and O–H groups in total. The summed E-state index contributed by atoms with van der Waals surface area (Å²) in [5, 5.41) is 18.6. The number of nitrogens with zero attached hydrogens (tertiary/aromatic N) is 1. The van der Waals surface area contributed by atoms with Gasteiger partial charge in [-0.05, 0) is 30.2 Å². The third kappa shape index (κ3) is 9.04. The van der Waals surface area contributed by atoms with E-state index in [1.165, 1.54) is 12.1 Å². The minimum absolute atomic E-state index is 0.0438. The molecule has 1 aromatic heterocycles. The van der Waals surface area contributed by atoms with Gasteiger partial charge in [0.15, 0.2) is 23.8 Å². The number of ether oxygens (including phenoxy) is 7. The van der Waals surface area contributed by atoms with Crippen molar-refractivity contribution in [3.8, 4) is 11.6 Å². The summed E-state index contributed by atoms with van der Waals surface area (Å²) in [6, 6.07) is 13.7. The summed E-state index contributed by atoms with van der Waals surface area (Å²) >= 11 is 0. The summed E-state index contributed by atoms with van der Waals surface area (Å²) < 4.78 is 53.3. The number of H-pyrrole nitrogens is 1. The summed E-state index contributed by atoms with van der Waals surface area (Å²) in [7, 11) is 0. The van der Waals surface area contributed by atoms with Crippen molar-refractivity contribution < 1.29 is 61.8 Å². The van der Waals surface area contributed by atoms with E-state index in [9.17, 15) is 24.3 Å². The quantitative estimate of drug-likeness (QED) is 0.165. The van der Waals surface area contributed by atoms with Crippen molar-refractivity contribution in [2.45, 2.75) is 78.0 Å². The highest BCUT2D eigenvalue weighted by Crippen LogP contribution is 2.37. The van der Waals surface area contributed by atoms with Gasteiger partial charge >= 0.3 is 29.9 Å². The number of rotatable bonds is 12. The Labute approximate surface area is 269 Å². The van der Waals surface area contributed by atoms with E-state index in [4.69, 9.17) is 33.2 Å².